The summed E-state index contributed by atoms with van der Waals surface area (Å²) >= 11 is 0. The summed E-state index contributed by atoms with van der Waals surface area (Å²) in [6.07, 6.45) is -0.529. The van der Waals surface area contributed by atoms with Gasteiger partial charge in [-0.3, -0.25) is 4.79 Å². The average molecular weight is 232 g/mol. The third kappa shape index (κ3) is 2.50. The van der Waals surface area contributed by atoms with Crippen LogP contribution in [-0.2, 0) is 9.53 Å². The number of carbonyl (C=O) groups is 1. The second-order valence-electron chi connectivity index (χ2n) is 3.69. The van der Waals surface area contributed by atoms with E-state index in [1.165, 1.54) is 0 Å². The number of hydrogen-bond acceptors (Lipinski definition) is 5. The zero-order chi connectivity index (χ0) is 12.3. The van der Waals surface area contributed by atoms with E-state index in [9.17, 15) is 4.79 Å². The number of carbonyl (C=O) groups excluding carboxylic acids is 1. The van der Waals surface area contributed by atoms with Crippen LogP contribution in [0.15, 0.2) is 28.7 Å². The first-order valence-electron chi connectivity index (χ1n) is 5.20. The van der Waals surface area contributed by atoms with E-state index >= 15 is 0 Å². The van der Waals surface area contributed by atoms with Crippen molar-refractivity contribution in [3.05, 3.63) is 35.7 Å². The van der Waals surface area contributed by atoms with Crippen molar-refractivity contribution in [1.82, 2.24) is 10.2 Å². The van der Waals surface area contributed by atoms with Gasteiger partial charge in [0.1, 0.15) is 0 Å². The molecule has 0 N–H and O–H groups in total. The molecule has 2 aromatic rings. The minimum atomic E-state index is -0.529. The number of benzene rings is 1. The second kappa shape index (κ2) is 4.78. The highest BCUT2D eigenvalue weighted by molar-refractivity contribution is 5.52. The maximum absolute atomic E-state index is 10.2. The Morgan fingerprint density at radius 3 is 2.65 bits per heavy atom. The monoisotopic (exact) mass is 232 g/mol. The molecule has 0 saturated carbocycles. The van der Waals surface area contributed by atoms with Gasteiger partial charge in [-0.25, -0.2) is 0 Å². The van der Waals surface area contributed by atoms with E-state index in [0.717, 1.165) is 11.1 Å². The van der Waals surface area contributed by atoms with Gasteiger partial charge >= 0.3 is 0 Å². The molecule has 5 nitrogen and oxygen atoms in total. The molecule has 1 atom stereocenters. The minimum absolute atomic E-state index is 0.285. The number of aryl methyl sites for hydroxylation is 1. The standard InChI is InChI=1S/C12H12N2O3/c1-8-3-5-10(6-4-8)12-14-13-11(17-12)9(2)16-7-15/h3-7,9H,1-2H3. The van der Waals surface area contributed by atoms with Gasteiger partial charge in [-0.15, -0.1) is 10.2 Å². The molecule has 0 aliphatic carbocycles. The maximum atomic E-state index is 10.2. The van der Waals surface area contributed by atoms with Crippen LogP contribution in [0.3, 0.4) is 0 Å². The number of aromatic nitrogens is 2. The lowest BCUT2D eigenvalue weighted by Crippen LogP contribution is -1.97. The molecule has 0 amide bonds. The Balaban J connectivity index is 2.23. The summed E-state index contributed by atoms with van der Waals surface area (Å²) in [7, 11) is 0. The molecule has 0 radical (unpaired) electrons. The Hall–Kier alpha value is -2.17. The molecule has 2 rings (SSSR count). The Morgan fingerprint density at radius 2 is 2.00 bits per heavy atom. The van der Waals surface area contributed by atoms with Crippen LogP contribution >= 0.6 is 0 Å². The summed E-state index contributed by atoms with van der Waals surface area (Å²) in [4.78, 5) is 10.2. The number of hydrogen-bond donors (Lipinski definition) is 0. The lowest BCUT2D eigenvalue weighted by Gasteiger charge is -2.02. The zero-order valence-corrected chi connectivity index (χ0v) is 9.58. The summed E-state index contributed by atoms with van der Waals surface area (Å²) in [5.41, 5.74) is 2.00. The summed E-state index contributed by atoms with van der Waals surface area (Å²) in [5, 5.41) is 7.74. The average Bonchev–Trinajstić information content (AvgIpc) is 2.80. The molecule has 1 unspecified atom stereocenters. The Bertz CT molecular complexity index is 505. The van der Waals surface area contributed by atoms with Gasteiger partial charge in [-0.2, -0.15) is 0 Å². The molecule has 5 heteroatoms. The summed E-state index contributed by atoms with van der Waals surface area (Å²) < 4.78 is 10.1. The summed E-state index contributed by atoms with van der Waals surface area (Å²) in [6.45, 7) is 4.03. The van der Waals surface area contributed by atoms with Crippen molar-refractivity contribution in [3.8, 4) is 11.5 Å². The van der Waals surface area contributed by atoms with Crippen molar-refractivity contribution in [2.45, 2.75) is 20.0 Å². The topological polar surface area (TPSA) is 65.2 Å². The van der Waals surface area contributed by atoms with Crippen LogP contribution in [0.1, 0.15) is 24.5 Å². The van der Waals surface area contributed by atoms with Crippen molar-refractivity contribution in [3.63, 3.8) is 0 Å². The zero-order valence-electron chi connectivity index (χ0n) is 9.58. The van der Waals surface area contributed by atoms with E-state index in [2.05, 4.69) is 10.2 Å². The third-order valence-corrected chi connectivity index (χ3v) is 2.35. The largest absolute Gasteiger partial charge is 0.455 e. The number of ether oxygens (including phenoxy) is 1. The highest BCUT2D eigenvalue weighted by atomic mass is 16.5. The highest BCUT2D eigenvalue weighted by Crippen LogP contribution is 2.21. The smallest absolute Gasteiger partial charge is 0.293 e. The van der Waals surface area contributed by atoms with E-state index in [4.69, 9.17) is 9.15 Å². The van der Waals surface area contributed by atoms with E-state index in [1.807, 2.05) is 31.2 Å². The molecule has 0 spiro atoms. The lowest BCUT2D eigenvalue weighted by molar-refractivity contribution is -0.134. The molecule has 17 heavy (non-hydrogen) atoms. The predicted molar refractivity (Wildman–Crippen MR) is 60.0 cm³/mol. The van der Waals surface area contributed by atoms with Crippen LogP contribution in [0.5, 0.6) is 0 Å². The van der Waals surface area contributed by atoms with Crippen molar-refractivity contribution < 1.29 is 13.9 Å². The first-order valence-corrected chi connectivity index (χ1v) is 5.20. The molecule has 88 valence electrons. The van der Waals surface area contributed by atoms with Crippen LogP contribution < -0.4 is 0 Å². The van der Waals surface area contributed by atoms with Crippen LogP contribution in [0.4, 0.5) is 0 Å². The molecular formula is C12H12N2O3. The van der Waals surface area contributed by atoms with Crippen molar-refractivity contribution >= 4 is 6.47 Å². The van der Waals surface area contributed by atoms with Gasteiger partial charge in [0, 0.05) is 5.56 Å². The Labute approximate surface area is 98.4 Å². The van der Waals surface area contributed by atoms with Gasteiger partial charge in [0.15, 0.2) is 6.10 Å². The van der Waals surface area contributed by atoms with Crippen LogP contribution in [0.2, 0.25) is 0 Å². The van der Waals surface area contributed by atoms with Crippen molar-refractivity contribution in [2.75, 3.05) is 0 Å². The SMILES string of the molecule is Cc1ccc(-c2nnc(C(C)OC=O)o2)cc1. The molecule has 1 aromatic heterocycles. The molecule has 0 aliphatic heterocycles. The van der Waals surface area contributed by atoms with Gasteiger partial charge in [0.05, 0.1) is 0 Å². The lowest BCUT2D eigenvalue weighted by atomic mass is 10.1. The molecular weight excluding hydrogens is 220 g/mol. The van der Waals surface area contributed by atoms with Gasteiger partial charge in [-0.1, -0.05) is 17.7 Å². The van der Waals surface area contributed by atoms with Crippen LogP contribution in [0, 0.1) is 6.92 Å². The molecule has 0 saturated heterocycles. The third-order valence-electron chi connectivity index (χ3n) is 2.35. The van der Waals surface area contributed by atoms with Crippen LogP contribution in [0.25, 0.3) is 11.5 Å². The fourth-order valence-corrected chi connectivity index (χ4v) is 1.35. The van der Waals surface area contributed by atoms with Gasteiger partial charge in [0.2, 0.25) is 5.89 Å². The summed E-state index contributed by atoms with van der Waals surface area (Å²) in [5.74, 6) is 0.703. The van der Waals surface area contributed by atoms with E-state index in [0.29, 0.717) is 12.4 Å². The highest BCUT2D eigenvalue weighted by Gasteiger charge is 2.15. The molecule has 1 aromatic carbocycles. The quantitative estimate of drug-likeness (QED) is 0.756. The Morgan fingerprint density at radius 1 is 1.29 bits per heavy atom. The van der Waals surface area contributed by atoms with Gasteiger partial charge < -0.3 is 9.15 Å². The molecule has 0 fully saturated rings. The molecule has 0 bridgehead atoms. The number of rotatable bonds is 4. The first kappa shape index (κ1) is 11.3. The second-order valence-corrected chi connectivity index (χ2v) is 3.69. The molecule has 1 heterocycles. The fraction of sp³-hybridized carbons (Fsp3) is 0.250. The maximum Gasteiger partial charge on any atom is 0.293 e. The van der Waals surface area contributed by atoms with E-state index in [-0.39, 0.29) is 5.89 Å². The first-order chi connectivity index (χ1) is 8.20. The van der Waals surface area contributed by atoms with E-state index < -0.39 is 6.10 Å². The predicted octanol–water partition coefficient (Wildman–Crippen LogP) is 2.28. The Kier molecular flexibility index (Phi) is 3.18. The normalized spacial score (nSPS) is 12.1. The molecule has 0 aliphatic rings. The van der Waals surface area contributed by atoms with Crippen molar-refractivity contribution in [2.24, 2.45) is 0 Å². The van der Waals surface area contributed by atoms with E-state index in [1.54, 1.807) is 6.92 Å². The van der Waals surface area contributed by atoms with Crippen LogP contribution in [-0.4, -0.2) is 16.7 Å². The number of nitrogens with zero attached hydrogens (tertiary/aromatic N) is 2. The fourth-order valence-electron chi connectivity index (χ4n) is 1.35. The minimum Gasteiger partial charge on any atom is -0.455 e. The van der Waals surface area contributed by atoms with Crippen molar-refractivity contribution in [1.29, 1.82) is 0 Å². The van der Waals surface area contributed by atoms with Gasteiger partial charge in [-0.05, 0) is 26.0 Å². The van der Waals surface area contributed by atoms with Gasteiger partial charge in [0.25, 0.3) is 12.4 Å². The summed E-state index contributed by atoms with van der Waals surface area (Å²) in [6, 6.07) is 7.73.